The summed E-state index contributed by atoms with van der Waals surface area (Å²) in [6, 6.07) is 12.6. The summed E-state index contributed by atoms with van der Waals surface area (Å²) in [7, 11) is -2.17. The van der Waals surface area contributed by atoms with E-state index >= 15 is 0 Å². The van der Waals surface area contributed by atoms with Crippen molar-refractivity contribution in [3.8, 4) is 5.75 Å². The monoisotopic (exact) mass is 334 g/mol. The van der Waals surface area contributed by atoms with E-state index in [0.717, 1.165) is 5.56 Å². The summed E-state index contributed by atoms with van der Waals surface area (Å²) in [6.07, 6.45) is 0.199. The zero-order valence-electron chi connectivity index (χ0n) is 12.5. The average molecular weight is 334 g/mol. The zero-order valence-corrected chi connectivity index (χ0v) is 13.3. The lowest BCUT2D eigenvalue weighted by atomic mass is 10.1. The van der Waals surface area contributed by atoms with Crippen LogP contribution in [0.3, 0.4) is 0 Å². The number of nitrogens with one attached hydrogen (secondary N) is 1. The summed E-state index contributed by atoms with van der Waals surface area (Å²) >= 11 is 0. The number of ether oxygens (including phenoxy) is 1. The van der Waals surface area contributed by atoms with Gasteiger partial charge in [-0.25, -0.2) is 8.42 Å². The Morgan fingerprint density at radius 3 is 2.22 bits per heavy atom. The molecule has 2 aromatic rings. The highest BCUT2D eigenvalue weighted by Crippen LogP contribution is 2.19. The minimum Gasteiger partial charge on any atom is -0.550 e. The first-order valence-electron chi connectivity index (χ1n) is 6.86. The van der Waals surface area contributed by atoms with Crippen molar-refractivity contribution in [3.05, 3.63) is 54.1 Å². The number of hydrogen-bond acceptors (Lipinski definition) is 5. The van der Waals surface area contributed by atoms with Crippen molar-refractivity contribution in [2.45, 2.75) is 17.7 Å². The van der Waals surface area contributed by atoms with Crippen molar-refractivity contribution in [1.82, 2.24) is 0 Å². The number of carbonyl (C=O) groups is 1. The summed E-state index contributed by atoms with van der Waals surface area (Å²) in [5, 5.41) is 10.4. The number of methoxy groups -OCH3 is 1. The van der Waals surface area contributed by atoms with E-state index in [2.05, 4.69) is 4.72 Å². The first-order chi connectivity index (χ1) is 10.9. The number of carbonyl (C=O) groups excluding carboxylic acids is 1. The molecule has 0 heterocycles. The number of sulfonamides is 1. The summed E-state index contributed by atoms with van der Waals surface area (Å²) in [5.74, 6) is -0.506. The molecule has 0 amide bonds. The van der Waals surface area contributed by atoms with Gasteiger partial charge in [-0.3, -0.25) is 4.72 Å². The van der Waals surface area contributed by atoms with E-state index in [1.165, 1.54) is 19.2 Å². The maximum atomic E-state index is 12.3. The number of anilines is 1. The zero-order chi connectivity index (χ0) is 16.9. The molecule has 0 aromatic heterocycles. The van der Waals surface area contributed by atoms with E-state index < -0.39 is 16.0 Å². The van der Waals surface area contributed by atoms with Crippen molar-refractivity contribution in [2.75, 3.05) is 11.8 Å². The SMILES string of the molecule is COc1ccc(NS(=O)(=O)c2ccc(CCC(=O)[O-])cc2)cc1. The van der Waals surface area contributed by atoms with Gasteiger partial charge in [-0.15, -0.1) is 0 Å². The average Bonchev–Trinajstić information content (AvgIpc) is 2.53. The molecule has 0 unspecified atom stereocenters. The third-order valence-corrected chi connectivity index (χ3v) is 4.59. The molecule has 2 aromatic carbocycles. The van der Waals surface area contributed by atoms with Gasteiger partial charge in [-0.05, 0) is 54.8 Å². The lowest BCUT2D eigenvalue weighted by Crippen LogP contribution is -2.22. The van der Waals surface area contributed by atoms with E-state index in [1.54, 1.807) is 36.4 Å². The Hall–Kier alpha value is -2.54. The Morgan fingerprint density at radius 2 is 1.70 bits per heavy atom. The highest BCUT2D eigenvalue weighted by atomic mass is 32.2. The predicted octanol–water partition coefficient (Wildman–Crippen LogP) is 1.18. The Balaban J connectivity index is 2.10. The minimum absolute atomic E-state index is 0.101. The summed E-state index contributed by atoms with van der Waals surface area (Å²) in [5.41, 5.74) is 1.16. The van der Waals surface area contributed by atoms with E-state index in [0.29, 0.717) is 17.9 Å². The van der Waals surface area contributed by atoms with Crippen LogP contribution >= 0.6 is 0 Å². The summed E-state index contributed by atoms with van der Waals surface area (Å²) in [4.78, 5) is 10.5. The minimum atomic E-state index is -3.70. The highest BCUT2D eigenvalue weighted by molar-refractivity contribution is 7.92. The third-order valence-electron chi connectivity index (χ3n) is 3.19. The van der Waals surface area contributed by atoms with Gasteiger partial charge in [-0.2, -0.15) is 0 Å². The van der Waals surface area contributed by atoms with Crippen LogP contribution < -0.4 is 14.6 Å². The van der Waals surface area contributed by atoms with Crippen molar-refractivity contribution in [1.29, 1.82) is 0 Å². The molecule has 0 aliphatic heterocycles. The van der Waals surface area contributed by atoms with Gasteiger partial charge in [0.05, 0.1) is 12.0 Å². The number of hydrogen-bond donors (Lipinski definition) is 1. The van der Waals surface area contributed by atoms with Crippen molar-refractivity contribution in [2.24, 2.45) is 0 Å². The van der Waals surface area contributed by atoms with Gasteiger partial charge in [0, 0.05) is 11.7 Å². The van der Waals surface area contributed by atoms with Crippen LogP contribution in [0.25, 0.3) is 0 Å². The van der Waals surface area contributed by atoms with E-state index in [9.17, 15) is 18.3 Å². The fourth-order valence-corrected chi connectivity index (χ4v) is 3.01. The molecule has 0 spiro atoms. The maximum Gasteiger partial charge on any atom is 0.261 e. The van der Waals surface area contributed by atoms with Crippen LogP contribution in [0, 0.1) is 0 Å². The number of carboxylic acid groups (broad SMARTS) is 1. The third kappa shape index (κ3) is 4.72. The van der Waals surface area contributed by atoms with Crippen LogP contribution in [0.2, 0.25) is 0 Å². The number of aliphatic carboxylic acids is 1. The highest BCUT2D eigenvalue weighted by Gasteiger charge is 2.14. The second kappa shape index (κ2) is 7.15. The predicted molar refractivity (Wildman–Crippen MR) is 83.6 cm³/mol. The number of rotatable bonds is 7. The van der Waals surface area contributed by atoms with Gasteiger partial charge in [-0.1, -0.05) is 12.1 Å². The molecule has 0 saturated heterocycles. The smallest absolute Gasteiger partial charge is 0.261 e. The number of aryl methyl sites for hydroxylation is 1. The van der Waals surface area contributed by atoms with Crippen molar-refractivity contribution >= 4 is 21.7 Å². The summed E-state index contributed by atoms with van der Waals surface area (Å²) in [6.45, 7) is 0. The van der Waals surface area contributed by atoms with E-state index in [4.69, 9.17) is 4.74 Å². The van der Waals surface area contributed by atoms with Crippen LogP contribution in [-0.4, -0.2) is 21.5 Å². The molecule has 0 saturated carbocycles. The van der Waals surface area contributed by atoms with Crippen LogP contribution in [0.15, 0.2) is 53.4 Å². The lowest BCUT2D eigenvalue weighted by Gasteiger charge is -2.09. The fourth-order valence-electron chi connectivity index (χ4n) is 1.95. The molecule has 122 valence electrons. The Morgan fingerprint density at radius 1 is 1.09 bits per heavy atom. The van der Waals surface area contributed by atoms with Gasteiger partial charge in [0.1, 0.15) is 5.75 Å². The van der Waals surface area contributed by atoms with Crippen molar-refractivity contribution < 1.29 is 23.1 Å². The normalized spacial score (nSPS) is 11.0. The topological polar surface area (TPSA) is 95.5 Å². The molecule has 0 bridgehead atoms. The summed E-state index contributed by atoms with van der Waals surface area (Å²) < 4.78 is 32.1. The van der Waals surface area contributed by atoms with Gasteiger partial charge >= 0.3 is 0 Å². The van der Waals surface area contributed by atoms with Crippen LogP contribution in [0.5, 0.6) is 5.75 Å². The Labute approximate surface area is 134 Å². The lowest BCUT2D eigenvalue weighted by molar-refractivity contribution is -0.305. The van der Waals surface area contributed by atoms with E-state index in [1.807, 2.05) is 0 Å². The molecule has 0 aliphatic carbocycles. The Bertz CT molecular complexity index is 767. The molecular formula is C16H16NO5S-. The molecule has 1 N–H and O–H groups in total. The van der Waals surface area contributed by atoms with Crippen LogP contribution in [-0.2, 0) is 21.2 Å². The molecular weight excluding hydrogens is 318 g/mol. The van der Waals surface area contributed by atoms with Crippen LogP contribution in [0.1, 0.15) is 12.0 Å². The molecule has 2 rings (SSSR count). The first kappa shape index (κ1) is 16.8. The van der Waals surface area contributed by atoms with Gasteiger partial charge < -0.3 is 14.6 Å². The molecule has 7 heteroatoms. The van der Waals surface area contributed by atoms with E-state index in [-0.39, 0.29) is 11.3 Å². The first-order valence-corrected chi connectivity index (χ1v) is 8.35. The fraction of sp³-hybridized carbons (Fsp3) is 0.188. The second-order valence-electron chi connectivity index (χ2n) is 4.85. The maximum absolute atomic E-state index is 12.3. The number of carboxylic acids is 1. The van der Waals surface area contributed by atoms with Gasteiger partial charge in [0.2, 0.25) is 0 Å². The Kier molecular flexibility index (Phi) is 5.23. The largest absolute Gasteiger partial charge is 0.550 e. The van der Waals surface area contributed by atoms with Gasteiger partial charge in [0.25, 0.3) is 10.0 Å². The molecule has 6 nitrogen and oxygen atoms in total. The molecule has 0 atom stereocenters. The molecule has 0 aliphatic rings. The van der Waals surface area contributed by atoms with Crippen molar-refractivity contribution in [3.63, 3.8) is 0 Å². The molecule has 23 heavy (non-hydrogen) atoms. The molecule has 0 fully saturated rings. The van der Waals surface area contributed by atoms with Crippen LogP contribution in [0.4, 0.5) is 5.69 Å². The quantitative estimate of drug-likeness (QED) is 0.820. The molecule has 0 radical (unpaired) electrons. The number of benzene rings is 2. The van der Waals surface area contributed by atoms with Gasteiger partial charge in [0.15, 0.2) is 0 Å². The second-order valence-corrected chi connectivity index (χ2v) is 6.53. The standard InChI is InChI=1S/C16H17NO5S/c1-22-14-7-5-13(6-8-14)17-23(20,21)15-9-2-12(3-10-15)4-11-16(18)19/h2-3,5-10,17H,4,11H2,1H3,(H,18,19)/p-1.